The smallest absolute Gasteiger partial charge is 0.241 e. The molecule has 1 amide bonds. The number of rotatable bonds is 6. The number of carbonyl (C=O) groups is 1. The predicted octanol–water partition coefficient (Wildman–Crippen LogP) is 3.10. The van der Waals surface area contributed by atoms with E-state index < -0.39 is 0 Å². The Morgan fingerprint density at radius 2 is 1.88 bits per heavy atom. The number of anilines is 1. The van der Waals surface area contributed by atoms with Crippen molar-refractivity contribution in [2.75, 3.05) is 19.2 Å². The number of hydrogen-bond acceptors (Lipinski definition) is 5. The maximum absolute atomic E-state index is 12.5. The third-order valence-electron chi connectivity index (χ3n) is 4.14. The summed E-state index contributed by atoms with van der Waals surface area (Å²) in [6.45, 7) is 4.04. The van der Waals surface area contributed by atoms with Gasteiger partial charge in [-0.2, -0.15) is 0 Å². The molecule has 0 radical (unpaired) electrons. The highest BCUT2D eigenvalue weighted by molar-refractivity contribution is 5.94. The van der Waals surface area contributed by atoms with Gasteiger partial charge in [0.1, 0.15) is 5.75 Å². The van der Waals surface area contributed by atoms with Crippen LogP contribution in [0.2, 0.25) is 0 Å². The fourth-order valence-electron chi connectivity index (χ4n) is 2.79. The third kappa shape index (κ3) is 3.85. The zero-order valence-corrected chi connectivity index (χ0v) is 14.5. The highest BCUT2D eigenvalue weighted by atomic mass is 16.7. The van der Waals surface area contributed by atoms with Gasteiger partial charge in [0, 0.05) is 23.4 Å². The molecule has 0 aromatic heterocycles. The normalized spacial score (nSPS) is 14.7. The van der Waals surface area contributed by atoms with Crippen LogP contribution >= 0.6 is 0 Å². The summed E-state index contributed by atoms with van der Waals surface area (Å²) >= 11 is 0. The maximum Gasteiger partial charge on any atom is 0.241 e. The number of para-hydroxylation sites is 1. The van der Waals surface area contributed by atoms with E-state index in [4.69, 9.17) is 14.2 Å². The number of nitrogens with one attached hydrogen (secondary N) is 2. The quantitative estimate of drug-likeness (QED) is 0.844. The highest BCUT2D eigenvalue weighted by Crippen LogP contribution is 2.34. The van der Waals surface area contributed by atoms with Crippen LogP contribution in [-0.2, 0) is 4.79 Å². The SMILES string of the molecule is COc1ccccc1[C@H](C)N[C@H](C)C(=O)Nc1ccc2c(c1)OCO2. The first-order chi connectivity index (χ1) is 12.1. The molecule has 0 unspecified atom stereocenters. The second-order valence-electron chi connectivity index (χ2n) is 5.91. The van der Waals surface area contributed by atoms with Gasteiger partial charge >= 0.3 is 0 Å². The lowest BCUT2D eigenvalue weighted by Crippen LogP contribution is -2.39. The molecule has 6 heteroatoms. The molecule has 132 valence electrons. The molecule has 0 bridgehead atoms. The molecule has 0 spiro atoms. The molecule has 0 aliphatic carbocycles. The van der Waals surface area contributed by atoms with Crippen LogP contribution < -0.4 is 24.8 Å². The molecule has 2 atom stereocenters. The van der Waals surface area contributed by atoms with E-state index in [1.807, 2.05) is 38.1 Å². The summed E-state index contributed by atoms with van der Waals surface area (Å²) in [5.74, 6) is 2.00. The zero-order chi connectivity index (χ0) is 17.8. The van der Waals surface area contributed by atoms with Crippen molar-refractivity contribution in [1.29, 1.82) is 0 Å². The van der Waals surface area contributed by atoms with Gasteiger partial charge in [0.15, 0.2) is 11.5 Å². The maximum atomic E-state index is 12.5. The number of carbonyl (C=O) groups excluding carboxylic acids is 1. The molecule has 25 heavy (non-hydrogen) atoms. The second kappa shape index (κ2) is 7.44. The van der Waals surface area contributed by atoms with Crippen molar-refractivity contribution in [2.45, 2.75) is 25.9 Å². The Balaban J connectivity index is 1.62. The third-order valence-corrected chi connectivity index (χ3v) is 4.14. The summed E-state index contributed by atoms with van der Waals surface area (Å²) in [7, 11) is 1.64. The summed E-state index contributed by atoms with van der Waals surface area (Å²) in [5, 5.41) is 6.18. The van der Waals surface area contributed by atoms with E-state index >= 15 is 0 Å². The van der Waals surface area contributed by atoms with Crippen LogP contribution in [0.15, 0.2) is 42.5 Å². The summed E-state index contributed by atoms with van der Waals surface area (Å²) in [6.07, 6.45) is 0. The second-order valence-corrected chi connectivity index (χ2v) is 5.91. The topological polar surface area (TPSA) is 68.8 Å². The van der Waals surface area contributed by atoms with E-state index in [-0.39, 0.29) is 24.8 Å². The first kappa shape index (κ1) is 17.1. The minimum Gasteiger partial charge on any atom is -0.496 e. The largest absolute Gasteiger partial charge is 0.496 e. The molecular weight excluding hydrogens is 320 g/mol. The van der Waals surface area contributed by atoms with E-state index in [0.717, 1.165) is 11.3 Å². The van der Waals surface area contributed by atoms with Gasteiger partial charge in [-0.15, -0.1) is 0 Å². The van der Waals surface area contributed by atoms with Crippen molar-refractivity contribution in [1.82, 2.24) is 5.32 Å². The molecule has 2 aromatic rings. The fraction of sp³-hybridized carbons (Fsp3) is 0.316. The van der Waals surface area contributed by atoms with Crippen molar-refractivity contribution in [3.05, 3.63) is 48.0 Å². The van der Waals surface area contributed by atoms with E-state index in [1.54, 1.807) is 25.3 Å². The van der Waals surface area contributed by atoms with Crippen LogP contribution in [-0.4, -0.2) is 25.9 Å². The van der Waals surface area contributed by atoms with Gasteiger partial charge in [0.2, 0.25) is 12.7 Å². The van der Waals surface area contributed by atoms with Gasteiger partial charge in [-0.1, -0.05) is 18.2 Å². The average Bonchev–Trinajstić information content (AvgIpc) is 3.09. The van der Waals surface area contributed by atoms with Crippen molar-refractivity contribution in [2.24, 2.45) is 0 Å². The minimum atomic E-state index is -0.384. The molecule has 2 N–H and O–H groups in total. The van der Waals surface area contributed by atoms with Gasteiger partial charge in [-0.25, -0.2) is 0 Å². The van der Waals surface area contributed by atoms with Crippen LogP contribution in [0.25, 0.3) is 0 Å². The molecular formula is C19H22N2O4. The molecule has 0 saturated carbocycles. The van der Waals surface area contributed by atoms with Crippen LogP contribution in [0.1, 0.15) is 25.5 Å². The molecule has 0 saturated heterocycles. The number of methoxy groups -OCH3 is 1. The van der Waals surface area contributed by atoms with Crippen LogP contribution in [0.4, 0.5) is 5.69 Å². The molecule has 1 heterocycles. The van der Waals surface area contributed by atoms with E-state index in [1.165, 1.54) is 0 Å². The molecule has 1 aliphatic heterocycles. The molecule has 0 fully saturated rings. The average molecular weight is 342 g/mol. The number of ether oxygens (including phenoxy) is 3. The first-order valence-corrected chi connectivity index (χ1v) is 8.18. The Hall–Kier alpha value is -2.73. The number of hydrogen-bond donors (Lipinski definition) is 2. The van der Waals surface area contributed by atoms with Crippen LogP contribution in [0.5, 0.6) is 17.2 Å². The first-order valence-electron chi connectivity index (χ1n) is 8.18. The summed E-state index contributed by atoms with van der Waals surface area (Å²) in [5.41, 5.74) is 1.68. The predicted molar refractivity (Wildman–Crippen MR) is 95.2 cm³/mol. The Morgan fingerprint density at radius 1 is 1.12 bits per heavy atom. The Bertz CT molecular complexity index is 763. The summed E-state index contributed by atoms with van der Waals surface area (Å²) in [4.78, 5) is 12.5. The molecule has 3 rings (SSSR count). The Kier molecular flexibility index (Phi) is 5.09. The van der Waals surface area contributed by atoms with Gasteiger partial charge in [0.25, 0.3) is 0 Å². The minimum absolute atomic E-state index is 0.0337. The van der Waals surface area contributed by atoms with Crippen LogP contribution in [0.3, 0.4) is 0 Å². The summed E-state index contributed by atoms with van der Waals surface area (Å²) < 4.78 is 16.0. The van der Waals surface area contributed by atoms with Gasteiger partial charge in [-0.05, 0) is 32.0 Å². The van der Waals surface area contributed by atoms with Gasteiger partial charge < -0.3 is 19.5 Å². The van der Waals surface area contributed by atoms with Gasteiger partial charge in [-0.3, -0.25) is 10.1 Å². The lowest BCUT2D eigenvalue weighted by molar-refractivity contribution is -0.117. The molecule has 1 aliphatic rings. The highest BCUT2D eigenvalue weighted by Gasteiger charge is 2.20. The van der Waals surface area contributed by atoms with Crippen molar-refractivity contribution in [3.8, 4) is 17.2 Å². The van der Waals surface area contributed by atoms with E-state index in [0.29, 0.717) is 17.2 Å². The van der Waals surface area contributed by atoms with E-state index in [9.17, 15) is 4.79 Å². The van der Waals surface area contributed by atoms with Gasteiger partial charge in [0.05, 0.1) is 13.2 Å². The van der Waals surface area contributed by atoms with Crippen molar-refractivity contribution in [3.63, 3.8) is 0 Å². The fourth-order valence-corrected chi connectivity index (χ4v) is 2.79. The number of amides is 1. The van der Waals surface area contributed by atoms with Crippen LogP contribution in [0, 0.1) is 0 Å². The van der Waals surface area contributed by atoms with E-state index in [2.05, 4.69) is 10.6 Å². The standard InChI is InChI=1S/C19H22N2O4/c1-12(15-6-4-5-7-16(15)23-3)20-13(2)19(22)21-14-8-9-17-18(10-14)25-11-24-17/h4-10,12-13,20H,11H2,1-3H3,(H,21,22)/t12-,13+/m0/s1. The zero-order valence-electron chi connectivity index (χ0n) is 14.5. The Labute approximate surface area is 147 Å². The molecule has 2 aromatic carbocycles. The molecule has 6 nitrogen and oxygen atoms in total. The lowest BCUT2D eigenvalue weighted by Gasteiger charge is -2.21. The lowest BCUT2D eigenvalue weighted by atomic mass is 10.1. The van der Waals surface area contributed by atoms with Crippen molar-refractivity contribution < 1.29 is 19.0 Å². The Morgan fingerprint density at radius 3 is 2.68 bits per heavy atom. The van der Waals surface area contributed by atoms with Crippen molar-refractivity contribution >= 4 is 11.6 Å². The summed E-state index contributed by atoms with van der Waals surface area (Å²) in [6, 6.07) is 12.7. The number of fused-ring (bicyclic) bond motifs is 1. The number of benzene rings is 2. The monoisotopic (exact) mass is 342 g/mol.